The Balaban J connectivity index is 2.33. The summed E-state index contributed by atoms with van der Waals surface area (Å²) in [7, 11) is 4.15. The van der Waals surface area contributed by atoms with Crippen LogP contribution in [-0.2, 0) is 0 Å². The number of likely N-dealkylation sites (N-methyl/N-ethyl adjacent to an activating group) is 1. The van der Waals surface area contributed by atoms with E-state index in [4.69, 9.17) is 0 Å². The Morgan fingerprint density at radius 2 is 1.85 bits per heavy atom. The summed E-state index contributed by atoms with van der Waals surface area (Å²) in [4.78, 5) is 2.16. The van der Waals surface area contributed by atoms with Crippen molar-refractivity contribution >= 4 is 21.6 Å². The van der Waals surface area contributed by atoms with Crippen LogP contribution < -0.4 is 5.32 Å². The second kappa shape index (κ2) is 5.25. The summed E-state index contributed by atoms with van der Waals surface area (Å²) in [5, 5.41) is 3.34. The van der Waals surface area contributed by atoms with Gasteiger partial charge in [-0.3, -0.25) is 0 Å². The molecular formula is C10H15BrN2. The maximum absolute atomic E-state index is 3.40. The van der Waals surface area contributed by atoms with Gasteiger partial charge >= 0.3 is 0 Å². The molecule has 0 aromatic heterocycles. The smallest absolute Gasteiger partial charge is 0.0341 e. The summed E-state index contributed by atoms with van der Waals surface area (Å²) < 4.78 is 1.12. The molecular weight excluding hydrogens is 228 g/mol. The van der Waals surface area contributed by atoms with E-state index in [1.807, 2.05) is 12.1 Å². The van der Waals surface area contributed by atoms with Crippen LogP contribution in [0.15, 0.2) is 28.7 Å². The lowest BCUT2D eigenvalue weighted by molar-refractivity contribution is 0.425. The van der Waals surface area contributed by atoms with Gasteiger partial charge in [0, 0.05) is 23.2 Å². The standard InChI is InChI=1S/C10H15BrN2/c1-13(2)8-7-12-10-5-3-9(11)4-6-10/h3-6,12H,7-8H2,1-2H3. The molecule has 0 amide bonds. The summed E-state index contributed by atoms with van der Waals surface area (Å²) >= 11 is 3.40. The largest absolute Gasteiger partial charge is 0.384 e. The van der Waals surface area contributed by atoms with Crippen LogP contribution >= 0.6 is 15.9 Å². The van der Waals surface area contributed by atoms with Gasteiger partial charge in [0.25, 0.3) is 0 Å². The summed E-state index contributed by atoms with van der Waals surface area (Å²) in [5.41, 5.74) is 1.17. The average Bonchev–Trinajstić information content (AvgIpc) is 2.08. The molecule has 1 aromatic rings. The molecule has 0 spiro atoms. The highest BCUT2D eigenvalue weighted by molar-refractivity contribution is 9.10. The summed E-state index contributed by atoms with van der Waals surface area (Å²) in [5.74, 6) is 0. The van der Waals surface area contributed by atoms with Crippen molar-refractivity contribution in [2.45, 2.75) is 0 Å². The minimum absolute atomic E-state index is 0.981. The normalized spacial score (nSPS) is 10.5. The highest BCUT2D eigenvalue weighted by Crippen LogP contribution is 2.13. The van der Waals surface area contributed by atoms with Gasteiger partial charge in [-0.1, -0.05) is 15.9 Å². The molecule has 0 atom stereocenters. The van der Waals surface area contributed by atoms with Crippen LogP contribution in [0.2, 0.25) is 0 Å². The van der Waals surface area contributed by atoms with Crippen LogP contribution in [0.1, 0.15) is 0 Å². The van der Waals surface area contributed by atoms with Crippen LogP contribution in [0, 0.1) is 0 Å². The highest BCUT2D eigenvalue weighted by atomic mass is 79.9. The van der Waals surface area contributed by atoms with Crippen molar-refractivity contribution in [2.75, 3.05) is 32.5 Å². The van der Waals surface area contributed by atoms with E-state index in [-0.39, 0.29) is 0 Å². The highest BCUT2D eigenvalue weighted by Gasteiger charge is 1.92. The first-order valence-electron chi connectivity index (χ1n) is 4.32. The fourth-order valence-electron chi connectivity index (χ4n) is 0.992. The first-order valence-corrected chi connectivity index (χ1v) is 5.12. The SMILES string of the molecule is CN(C)CCNc1ccc(Br)cc1. The molecule has 1 rings (SSSR count). The van der Waals surface area contributed by atoms with Crippen molar-refractivity contribution < 1.29 is 0 Å². The quantitative estimate of drug-likeness (QED) is 0.873. The van der Waals surface area contributed by atoms with Crippen molar-refractivity contribution in [3.8, 4) is 0 Å². The fourth-order valence-corrected chi connectivity index (χ4v) is 1.26. The molecule has 0 heterocycles. The Bertz CT molecular complexity index is 244. The third-order valence-corrected chi connectivity index (χ3v) is 2.26. The Morgan fingerprint density at radius 3 is 2.38 bits per heavy atom. The van der Waals surface area contributed by atoms with Crippen molar-refractivity contribution in [3.63, 3.8) is 0 Å². The van der Waals surface area contributed by atoms with Crippen LogP contribution in [0.4, 0.5) is 5.69 Å². The van der Waals surface area contributed by atoms with E-state index in [0.717, 1.165) is 17.6 Å². The van der Waals surface area contributed by atoms with Gasteiger partial charge in [0.15, 0.2) is 0 Å². The van der Waals surface area contributed by atoms with Crippen LogP contribution in [0.25, 0.3) is 0 Å². The third kappa shape index (κ3) is 4.29. The first kappa shape index (κ1) is 10.5. The van der Waals surface area contributed by atoms with E-state index in [2.05, 4.69) is 52.4 Å². The van der Waals surface area contributed by atoms with Gasteiger partial charge in [0.05, 0.1) is 0 Å². The molecule has 0 unspecified atom stereocenters. The Hall–Kier alpha value is -0.540. The molecule has 0 fully saturated rings. The van der Waals surface area contributed by atoms with Crippen LogP contribution in [0.3, 0.4) is 0 Å². The molecule has 1 N–H and O–H groups in total. The predicted molar refractivity (Wildman–Crippen MR) is 61.2 cm³/mol. The molecule has 0 bridgehead atoms. The van der Waals surface area contributed by atoms with E-state index in [1.54, 1.807) is 0 Å². The van der Waals surface area contributed by atoms with Gasteiger partial charge in [0.1, 0.15) is 0 Å². The molecule has 72 valence electrons. The molecule has 13 heavy (non-hydrogen) atoms. The average molecular weight is 243 g/mol. The van der Waals surface area contributed by atoms with E-state index >= 15 is 0 Å². The van der Waals surface area contributed by atoms with Crippen LogP contribution in [-0.4, -0.2) is 32.1 Å². The van der Waals surface area contributed by atoms with Gasteiger partial charge in [0.2, 0.25) is 0 Å². The van der Waals surface area contributed by atoms with Gasteiger partial charge in [-0.25, -0.2) is 0 Å². The lowest BCUT2D eigenvalue weighted by Gasteiger charge is -2.11. The lowest BCUT2D eigenvalue weighted by atomic mass is 10.3. The van der Waals surface area contributed by atoms with Gasteiger partial charge in [-0.2, -0.15) is 0 Å². The Labute approximate surface area is 88.1 Å². The lowest BCUT2D eigenvalue weighted by Crippen LogP contribution is -2.20. The number of rotatable bonds is 4. The molecule has 0 radical (unpaired) electrons. The third-order valence-electron chi connectivity index (χ3n) is 1.73. The maximum atomic E-state index is 3.40. The number of hydrogen-bond acceptors (Lipinski definition) is 2. The molecule has 2 nitrogen and oxygen atoms in total. The van der Waals surface area contributed by atoms with Crippen LogP contribution in [0.5, 0.6) is 0 Å². The fraction of sp³-hybridized carbons (Fsp3) is 0.400. The monoisotopic (exact) mass is 242 g/mol. The van der Waals surface area contributed by atoms with E-state index < -0.39 is 0 Å². The number of nitrogens with one attached hydrogen (secondary N) is 1. The van der Waals surface area contributed by atoms with Gasteiger partial charge in [-0.05, 0) is 38.4 Å². The summed E-state index contributed by atoms with van der Waals surface area (Å²) in [6.07, 6.45) is 0. The van der Waals surface area contributed by atoms with Crippen molar-refractivity contribution in [1.82, 2.24) is 4.90 Å². The Kier molecular flexibility index (Phi) is 4.25. The predicted octanol–water partition coefficient (Wildman–Crippen LogP) is 2.42. The topological polar surface area (TPSA) is 15.3 Å². The van der Waals surface area contributed by atoms with E-state index in [1.165, 1.54) is 5.69 Å². The van der Waals surface area contributed by atoms with Crippen molar-refractivity contribution in [1.29, 1.82) is 0 Å². The summed E-state index contributed by atoms with van der Waals surface area (Å²) in [6.45, 7) is 2.03. The zero-order valence-electron chi connectivity index (χ0n) is 8.05. The number of hydrogen-bond donors (Lipinski definition) is 1. The number of benzene rings is 1. The van der Waals surface area contributed by atoms with Crippen molar-refractivity contribution in [3.05, 3.63) is 28.7 Å². The second-order valence-electron chi connectivity index (χ2n) is 3.24. The van der Waals surface area contributed by atoms with E-state index in [0.29, 0.717) is 0 Å². The minimum Gasteiger partial charge on any atom is -0.384 e. The zero-order valence-corrected chi connectivity index (χ0v) is 9.63. The maximum Gasteiger partial charge on any atom is 0.0341 e. The molecule has 0 saturated carbocycles. The molecule has 1 aromatic carbocycles. The van der Waals surface area contributed by atoms with Gasteiger partial charge < -0.3 is 10.2 Å². The minimum atomic E-state index is 0.981. The second-order valence-corrected chi connectivity index (χ2v) is 4.15. The zero-order chi connectivity index (χ0) is 9.68. The number of anilines is 1. The molecule has 3 heteroatoms. The number of nitrogens with zero attached hydrogens (tertiary/aromatic N) is 1. The molecule has 0 aliphatic heterocycles. The molecule has 0 aliphatic carbocycles. The first-order chi connectivity index (χ1) is 6.18. The molecule has 0 saturated heterocycles. The summed E-state index contributed by atoms with van der Waals surface area (Å²) in [6, 6.07) is 8.22. The van der Waals surface area contributed by atoms with E-state index in [9.17, 15) is 0 Å². The molecule has 0 aliphatic rings. The van der Waals surface area contributed by atoms with Crippen molar-refractivity contribution in [2.24, 2.45) is 0 Å². The van der Waals surface area contributed by atoms with Gasteiger partial charge in [-0.15, -0.1) is 0 Å². The number of halogens is 1. The Morgan fingerprint density at radius 1 is 1.23 bits per heavy atom.